The van der Waals surface area contributed by atoms with Gasteiger partial charge in [0.15, 0.2) is 5.82 Å². The van der Waals surface area contributed by atoms with Gasteiger partial charge in [0.05, 0.1) is 11.1 Å². The lowest BCUT2D eigenvalue weighted by Gasteiger charge is -2.04. The largest absolute Gasteiger partial charge is 0.494 e. The maximum Gasteiger partial charge on any atom is 0.291 e. The van der Waals surface area contributed by atoms with Crippen LogP contribution < -0.4 is 14.8 Å². The number of unbranched alkanes of at least 4 members (excludes halogenated alkanes) is 1. The molecule has 136 valence electrons. The number of fused-ring (bicyclic) bond motifs is 1. The van der Waals surface area contributed by atoms with Crippen molar-refractivity contribution in [3.63, 3.8) is 0 Å². The molecule has 0 bridgehead atoms. The predicted octanol–water partition coefficient (Wildman–Crippen LogP) is 3.54. The van der Waals surface area contributed by atoms with Crippen molar-refractivity contribution in [2.24, 2.45) is 0 Å². The molecule has 0 saturated heterocycles. The molecule has 2 aromatic carbocycles. The van der Waals surface area contributed by atoms with Gasteiger partial charge in [-0.3, -0.25) is 4.79 Å². The summed E-state index contributed by atoms with van der Waals surface area (Å²) >= 11 is 1.35. The Morgan fingerprint density at radius 2 is 1.89 bits per heavy atom. The van der Waals surface area contributed by atoms with E-state index in [1.54, 1.807) is 0 Å². The zero-order chi connectivity index (χ0) is 18.6. The summed E-state index contributed by atoms with van der Waals surface area (Å²) in [5.41, 5.74) is 1.70. The van der Waals surface area contributed by atoms with Crippen molar-refractivity contribution in [1.82, 2.24) is 14.6 Å². The van der Waals surface area contributed by atoms with E-state index < -0.39 is 0 Å². The minimum atomic E-state index is -0.145. The first kappa shape index (κ1) is 17.4. The van der Waals surface area contributed by atoms with E-state index in [9.17, 15) is 4.79 Å². The van der Waals surface area contributed by atoms with E-state index in [1.807, 2.05) is 60.7 Å². The molecule has 5 nitrogen and oxygen atoms in total. The summed E-state index contributed by atoms with van der Waals surface area (Å²) in [6, 6.07) is 17.4. The maximum atomic E-state index is 12.6. The summed E-state index contributed by atoms with van der Waals surface area (Å²) in [6.07, 6.45) is 4.01. The monoisotopic (exact) mass is 377 g/mol. The van der Waals surface area contributed by atoms with Crippen LogP contribution in [0.3, 0.4) is 0 Å². The first-order chi connectivity index (χ1) is 13.2. The Hall–Kier alpha value is -2.99. The zero-order valence-corrected chi connectivity index (χ0v) is 15.8. The summed E-state index contributed by atoms with van der Waals surface area (Å²) in [5, 5.41) is 4.36. The van der Waals surface area contributed by atoms with Gasteiger partial charge in [-0.2, -0.15) is 9.50 Å². The number of ether oxygens (including phenoxy) is 1. The Morgan fingerprint density at radius 3 is 2.59 bits per heavy atom. The van der Waals surface area contributed by atoms with Crippen molar-refractivity contribution in [2.75, 3.05) is 6.61 Å². The highest BCUT2D eigenvalue weighted by Gasteiger charge is 2.11. The highest BCUT2D eigenvalue weighted by atomic mass is 32.1. The molecule has 0 aliphatic heterocycles. The van der Waals surface area contributed by atoms with Gasteiger partial charge in [-0.1, -0.05) is 67.1 Å². The number of thiazole rings is 1. The van der Waals surface area contributed by atoms with Gasteiger partial charge in [-0.25, -0.2) is 0 Å². The Bertz CT molecular complexity index is 1150. The smallest absolute Gasteiger partial charge is 0.291 e. The Kier molecular flexibility index (Phi) is 4.98. The fraction of sp³-hybridized carbons (Fsp3) is 0.190. The normalized spacial score (nSPS) is 12.0. The van der Waals surface area contributed by atoms with Gasteiger partial charge in [-0.15, -0.1) is 5.10 Å². The lowest BCUT2D eigenvalue weighted by Crippen LogP contribution is -2.23. The molecule has 4 aromatic rings. The SMILES string of the molecule is CCCCOc1ccc(/C=c2\sc3nc(-c4ccccc4)nn3c2=O)cc1. The first-order valence-corrected chi connectivity index (χ1v) is 9.76. The van der Waals surface area contributed by atoms with Crippen molar-refractivity contribution < 1.29 is 4.74 Å². The second kappa shape index (κ2) is 7.72. The third kappa shape index (κ3) is 3.75. The molecule has 0 unspecified atom stereocenters. The van der Waals surface area contributed by atoms with Crippen molar-refractivity contribution in [2.45, 2.75) is 19.8 Å². The van der Waals surface area contributed by atoms with Crippen LogP contribution in [0.15, 0.2) is 59.4 Å². The maximum absolute atomic E-state index is 12.6. The Morgan fingerprint density at radius 1 is 1.11 bits per heavy atom. The number of hydrogen-bond acceptors (Lipinski definition) is 5. The average molecular weight is 377 g/mol. The predicted molar refractivity (Wildman–Crippen MR) is 108 cm³/mol. The minimum absolute atomic E-state index is 0.145. The molecule has 0 amide bonds. The van der Waals surface area contributed by atoms with E-state index >= 15 is 0 Å². The third-order valence-electron chi connectivity index (χ3n) is 4.16. The van der Waals surface area contributed by atoms with Gasteiger partial charge in [0, 0.05) is 5.56 Å². The summed E-state index contributed by atoms with van der Waals surface area (Å²) in [6.45, 7) is 2.86. The minimum Gasteiger partial charge on any atom is -0.494 e. The van der Waals surface area contributed by atoms with Gasteiger partial charge >= 0.3 is 0 Å². The van der Waals surface area contributed by atoms with E-state index in [-0.39, 0.29) is 5.56 Å². The molecule has 0 aliphatic rings. The van der Waals surface area contributed by atoms with Gasteiger partial charge in [0.2, 0.25) is 4.96 Å². The van der Waals surface area contributed by atoms with Crippen LogP contribution in [0.1, 0.15) is 25.3 Å². The fourth-order valence-electron chi connectivity index (χ4n) is 2.69. The molecule has 6 heteroatoms. The summed E-state index contributed by atoms with van der Waals surface area (Å²) in [4.78, 5) is 17.7. The number of aromatic nitrogens is 3. The lowest BCUT2D eigenvalue weighted by molar-refractivity contribution is 0.309. The molecule has 0 aliphatic carbocycles. The molecule has 0 radical (unpaired) electrons. The van der Waals surface area contributed by atoms with Crippen LogP contribution >= 0.6 is 11.3 Å². The first-order valence-electron chi connectivity index (χ1n) is 8.94. The molecular formula is C21H19N3O2S. The van der Waals surface area contributed by atoms with Crippen LogP contribution in [-0.4, -0.2) is 21.2 Å². The molecule has 2 aromatic heterocycles. The van der Waals surface area contributed by atoms with Gasteiger partial charge < -0.3 is 4.74 Å². The molecule has 0 fully saturated rings. The van der Waals surface area contributed by atoms with E-state index in [0.29, 0.717) is 15.3 Å². The fourth-order valence-corrected chi connectivity index (χ4v) is 3.60. The van der Waals surface area contributed by atoms with Crippen LogP contribution in [0.5, 0.6) is 5.75 Å². The molecule has 0 spiro atoms. The van der Waals surface area contributed by atoms with Crippen LogP contribution in [-0.2, 0) is 0 Å². The van der Waals surface area contributed by atoms with Gasteiger partial charge in [0.1, 0.15) is 5.75 Å². The second-order valence-corrected chi connectivity index (χ2v) is 7.19. The topological polar surface area (TPSA) is 56.5 Å². The molecule has 0 saturated carbocycles. The number of rotatable bonds is 6. The Labute approximate surface area is 160 Å². The van der Waals surface area contributed by atoms with Crippen LogP contribution in [0, 0.1) is 0 Å². The summed E-state index contributed by atoms with van der Waals surface area (Å²) in [7, 11) is 0. The summed E-state index contributed by atoms with van der Waals surface area (Å²) < 4.78 is 7.66. The van der Waals surface area contributed by atoms with E-state index in [2.05, 4.69) is 17.0 Å². The molecular weight excluding hydrogens is 358 g/mol. The zero-order valence-electron chi connectivity index (χ0n) is 15.0. The van der Waals surface area contributed by atoms with Crippen molar-refractivity contribution in [3.05, 3.63) is 75.0 Å². The number of benzene rings is 2. The van der Waals surface area contributed by atoms with Gasteiger partial charge in [0.25, 0.3) is 5.56 Å². The highest BCUT2D eigenvalue weighted by molar-refractivity contribution is 7.15. The summed E-state index contributed by atoms with van der Waals surface area (Å²) in [5.74, 6) is 1.41. The third-order valence-corrected chi connectivity index (χ3v) is 5.12. The quantitative estimate of drug-likeness (QED) is 0.482. The van der Waals surface area contributed by atoms with E-state index in [0.717, 1.165) is 36.3 Å². The number of nitrogens with zero attached hydrogens (tertiary/aromatic N) is 3. The van der Waals surface area contributed by atoms with Crippen LogP contribution in [0.2, 0.25) is 0 Å². The van der Waals surface area contributed by atoms with Crippen molar-refractivity contribution >= 4 is 22.4 Å². The van der Waals surface area contributed by atoms with Gasteiger partial charge in [-0.05, 0) is 30.2 Å². The molecule has 0 N–H and O–H groups in total. The highest BCUT2D eigenvalue weighted by Crippen LogP contribution is 2.16. The molecule has 2 heterocycles. The van der Waals surface area contributed by atoms with Crippen molar-refractivity contribution in [1.29, 1.82) is 0 Å². The second-order valence-electron chi connectivity index (χ2n) is 6.18. The molecule has 0 atom stereocenters. The molecule has 4 rings (SSSR count). The van der Waals surface area contributed by atoms with E-state index in [4.69, 9.17) is 4.74 Å². The van der Waals surface area contributed by atoms with E-state index in [1.165, 1.54) is 15.9 Å². The van der Waals surface area contributed by atoms with Crippen molar-refractivity contribution in [3.8, 4) is 17.1 Å². The lowest BCUT2D eigenvalue weighted by atomic mass is 10.2. The average Bonchev–Trinajstić information content (AvgIpc) is 3.24. The van der Waals surface area contributed by atoms with Crippen LogP contribution in [0.4, 0.5) is 0 Å². The number of hydrogen-bond donors (Lipinski definition) is 0. The Balaban J connectivity index is 1.61. The van der Waals surface area contributed by atoms with Crippen LogP contribution in [0.25, 0.3) is 22.4 Å². The molecule has 27 heavy (non-hydrogen) atoms. The standard InChI is InChI=1S/C21H19N3O2S/c1-2-3-13-26-17-11-9-15(10-12-17)14-18-20(25)24-21(27-18)22-19(23-24)16-7-5-4-6-8-16/h4-12,14H,2-3,13H2,1H3/b18-14-.